The molecule has 1 saturated heterocycles. The Balaban J connectivity index is 2.21. The van der Waals surface area contributed by atoms with E-state index in [1.165, 1.54) is 0 Å². The highest BCUT2D eigenvalue weighted by molar-refractivity contribution is 8.00. The van der Waals surface area contributed by atoms with Gasteiger partial charge in [-0.05, 0) is 32.5 Å². The smallest absolute Gasteiger partial charge is 0.260 e. The summed E-state index contributed by atoms with van der Waals surface area (Å²) in [5.41, 5.74) is 0.973. The predicted octanol–water partition coefficient (Wildman–Crippen LogP) is 1.32. The summed E-state index contributed by atoms with van der Waals surface area (Å²) in [6, 6.07) is 3.40. The van der Waals surface area contributed by atoms with Gasteiger partial charge in [-0.25, -0.2) is 13.4 Å². The summed E-state index contributed by atoms with van der Waals surface area (Å²) < 4.78 is 26.7. The summed E-state index contributed by atoms with van der Waals surface area (Å²) in [6.07, 6.45) is 1.62. The van der Waals surface area contributed by atoms with Crippen LogP contribution in [0.3, 0.4) is 0 Å². The van der Waals surface area contributed by atoms with Crippen molar-refractivity contribution in [3.8, 4) is 0 Å². The van der Waals surface area contributed by atoms with E-state index >= 15 is 0 Å². The zero-order valence-electron chi connectivity index (χ0n) is 12.1. The molecule has 112 valence electrons. The van der Waals surface area contributed by atoms with Crippen LogP contribution in [0.1, 0.15) is 19.4 Å². The van der Waals surface area contributed by atoms with Gasteiger partial charge in [0.2, 0.25) is 0 Å². The normalized spacial score (nSPS) is 19.9. The number of nitrogens with zero attached hydrogens (tertiary/aromatic N) is 2. The second kappa shape index (κ2) is 6.01. The molecule has 7 heteroatoms. The lowest BCUT2D eigenvalue weighted by Gasteiger charge is -2.36. The number of nitrogens with one attached hydrogen (secondary N) is 1. The molecule has 0 unspecified atom stereocenters. The second-order valence-corrected chi connectivity index (χ2v) is 9.17. The van der Waals surface area contributed by atoms with Crippen LogP contribution >= 0.6 is 11.8 Å². The van der Waals surface area contributed by atoms with Gasteiger partial charge < -0.3 is 5.32 Å². The first-order valence-electron chi connectivity index (χ1n) is 6.59. The molecule has 1 N–H and O–H groups in total. The monoisotopic (exact) mass is 315 g/mol. The van der Waals surface area contributed by atoms with E-state index in [0.717, 1.165) is 11.3 Å². The Morgan fingerprint density at radius 2 is 2.20 bits per heavy atom. The van der Waals surface area contributed by atoms with Crippen LogP contribution in [-0.4, -0.2) is 48.3 Å². The van der Waals surface area contributed by atoms with Crippen LogP contribution in [0.15, 0.2) is 23.4 Å². The van der Waals surface area contributed by atoms with Crippen LogP contribution in [0.5, 0.6) is 0 Å². The maximum Gasteiger partial charge on any atom is 0.260 e. The number of thioether (sulfide) groups is 1. The molecule has 5 nitrogen and oxygen atoms in total. The molecule has 1 aromatic rings. The van der Waals surface area contributed by atoms with Crippen LogP contribution in [0.4, 0.5) is 0 Å². The van der Waals surface area contributed by atoms with E-state index in [4.69, 9.17) is 0 Å². The van der Waals surface area contributed by atoms with Crippen molar-refractivity contribution in [3.63, 3.8) is 0 Å². The van der Waals surface area contributed by atoms with E-state index < -0.39 is 10.0 Å². The molecule has 0 amide bonds. The molecule has 1 aliphatic rings. The average molecular weight is 315 g/mol. The quantitative estimate of drug-likeness (QED) is 0.908. The lowest BCUT2D eigenvalue weighted by Crippen LogP contribution is -2.46. The molecule has 20 heavy (non-hydrogen) atoms. The van der Waals surface area contributed by atoms with E-state index in [1.807, 2.05) is 18.8 Å². The molecule has 0 aromatic carbocycles. The van der Waals surface area contributed by atoms with Crippen molar-refractivity contribution >= 4 is 21.8 Å². The third kappa shape index (κ3) is 3.52. The van der Waals surface area contributed by atoms with E-state index in [-0.39, 0.29) is 9.77 Å². The number of aromatic nitrogens is 1. The van der Waals surface area contributed by atoms with Crippen molar-refractivity contribution < 1.29 is 8.42 Å². The summed E-state index contributed by atoms with van der Waals surface area (Å²) in [5.74, 6) is 0.823. The van der Waals surface area contributed by atoms with E-state index in [9.17, 15) is 8.42 Å². The second-order valence-electron chi connectivity index (χ2n) is 5.48. The maximum absolute atomic E-state index is 12.6. The minimum absolute atomic E-state index is 0.0443. The van der Waals surface area contributed by atoms with Crippen molar-refractivity contribution in [2.75, 3.05) is 25.9 Å². The van der Waals surface area contributed by atoms with Gasteiger partial charge in [-0.15, -0.1) is 0 Å². The molecule has 0 atom stereocenters. The van der Waals surface area contributed by atoms with Crippen LogP contribution in [0, 0.1) is 0 Å². The van der Waals surface area contributed by atoms with Gasteiger partial charge in [0.05, 0.1) is 0 Å². The number of rotatable bonds is 4. The fourth-order valence-electron chi connectivity index (χ4n) is 2.18. The van der Waals surface area contributed by atoms with Crippen LogP contribution in [-0.2, 0) is 16.6 Å². The SMILES string of the molecule is CNCc1ccc(S(=O)(=O)N2CCSC(C)(C)C2)nc1. The van der Waals surface area contributed by atoms with Gasteiger partial charge in [0.25, 0.3) is 10.0 Å². The van der Waals surface area contributed by atoms with E-state index in [0.29, 0.717) is 19.6 Å². The molecule has 0 saturated carbocycles. The van der Waals surface area contributed by atoms with Crippen molar-refractivity contribution in [1.82, 2.24) is 14.6 Å². The number of hydrogen-bond donors (Lipinski definition) is 1. The molecule has 0 spiro atoms. The summed E-state index contributed by atoms with van der Waals surface area (Å²) in [7, 11) is -1.63. The third-order valence-corrected chi connectivity index (χ3v) is 6.23. The molecular formula is C13H21N3O2S2. The molecule has 1 aliphatic heterocycles. The van der Waals surface area contributed by atoms with Crippen LogP contribution < -0.4 is 5.32 Å². The first-order valence-corrected chi connectivity index (χ1v) is 9.01. The predicted molar refractivity (Wildman–Crippen MR) is 82.3 cm³/mol. The molecule has 1 fully saturated rings. The topological polar surface area (TPSA) is 62.3 Å². The number of pyridine rings is 1. The molecule has 2 rings (SSSR count). The van der Waals surface area contributed by atoms with E-state index in [2.05, 4.69) is 24.1 Å². The van der Waals surface area contributed by atoms with Gasteiger partial charge in [-0.2, -0.15) is 16.1 Å². The van der Waals surface area contributed by atoms with Gasteiger partial charge in [0.1, 0.15) is 0 Å². The van der Waals surface area contributed by atoms with Crippen molar-refractivity contribution in [1.29, 1.82) is 0 Å². The van der Waals surface area contributed by atoms with Crippen molar-refractivity contribution in [3.05, 3.63) is 23.9 Å². The highest BCUT2D eigenvalue weighted by Crippen LogP contribution is 2.32. The van der Waals surface area contributed by atoms with Crippen molar-refractivity contribution in [2.24, 2.45) is 0 Å². The fraction of sp³-hybridized carbons (Fsp3) is 0.615. The first-order chi connectivity index (χ1) is 9.35. The van der Waals surface area contributed by atoms with E-state index in [1.54, 1.807) is 22.6 Å². The standard InChI is InChI=1S/C13H21N3O2S2/c1-13(2)10-16(6-7-19-13)20(17,18)12-5-4-11(8-14-3)9-15-12/h4-5,9,14H,6-8,10H2,1-3H3. The summed E-state index contributed by atoms with van der Waals surface area (Å²) in [4.78, 5) is 4.12. The zero-order valence-corrected chi connectivity index (χ0v) is 13.7. The van der Waals surface area contributed by atoms with Gasteiger partial charge in [0, 0.05) is 36.3 Å². The van der Waals surface area contributed by atoms with Gasteiger partial charge in [-0.3, -0.25) is 0 Å². The highest BCUT2D eigenvalue weighted by atomic mass is 32.2. The Morgan fingerprint density at radius 1 is 1.45 bits per heavy atom. The lowest BCUT2D eigenvalue weighted by atomic mass is 10.2. The third-order valence-electron chi connectivity index (χ3n) is 3.17. The Hall–Kier alpha value is -0.630. The minimum atomic E-state index is -3.48. The Bertz CT molecular complexity index is 555. The van der Waals surface area contributed by atoms with Gasteiger partial charge >= 0.3 is 0 Å². The minimum Gasteiger partial charge on any atom is -0.316 e. The first kappa shape index (κ1) is 15.8. The zero-order chi connectivity index (χ0) is 14.8. The summed E-state index contributed by atoms with van der Waals surface area (Å²) in [6.45, 7) is 5.91. The number of hydrogen-bond acceptors (Lipinski definition) is 5. The molecule has 0 aliphatic carbocycles. The van der Waals surface area contributed by atoms with Crippen LogP contribution in [0.25, 0.3) is 0 Å². The molecular weight excluding hydrogens is 294 g/mol. The van der Waals surface area contributed by atoms with Gasteiger partial charge in [-0.1, -0.05) is 6.07 Å². The van der Waals surface area contributed by atoms with Crippen LogP contribution in [0.2, 0.25) is 0 Å². The summed E-state index contributed by atoms with van der Waals surface area (Å²) in [5, 5.41) is 3.15. The largest absolute Gasteiger partial charge is 0.316 e. The van der Waals surface area contributed by atoms with Crippen molar-refractivity contribution in [2.45, 2.75) is 30.2 Å². The molecule has 0 bridgehead atoms. The maximum atomic E-state index is 12.6. The lowest BCUT2D eigenvalue weighted by molar-refractivity contribution is 0.386. The van der Waals surface area contributed by atoms with Gasteiger partial charge in [0.15, 0.2) is 5.03 Å². The fourth-order valence-corrected chi connectivity index (χ4v) is 5.01. The molecule has 2 heterocycles. The molecule has 0 radical (unpaired) electrons. The number of sulfonamides is 1. The Labute approximate surface area is 125 Å². The Morgan fingerprint density at radius 3 is 2.75 bits per heavy atom. The molecule has 1 aromatic heterocycles. The Kier molecular flexibility index (Phi) is 4.73. The average Bonchev–Trinajstić information content (AvgIpc) is 2.38. The summed E-state index contributed by atoms with van der Waals surface area (Å²) >= 11 is 1.81. The highest BCUT2D eigenvalue weighted by Gasteiger charge is 2.35.